The maximum absolute atomic E-state index is 14.2. The minimum Gasteiger partial charge on any atom is -0.481 e. The van der Waals surface area contributed by atoms with Crippen LogP contribution in [0.25, 0.3) is 0 Å². The average molecular weight is 978 g/mol. The monoisotopic (exact) mass is 977 g/mol. The van der Waals surface area contributed by atoms with Gasteiger partial charge in [-0.25, -0.2) is 4.79 Å². The van der Waals surface area contributed by atoms with Gasteiger partial charge in [0.15, 0.2) is 5.96 Å². The number of amides is 7. The number of likely N-dealkylation sites (tertiary alicyclic amines) is 1. The summed E-state index contributed by atoms with van der Waals surface area (Å²) in [6, 6.07) is -0.559. The van der Waals surface area contributed by atoms with Gasteiger partial charge >= 0.3 is 17.9 Å². The Hall–Kier alpha value is -6.50. The van der Waals surface area contributed by atoms with E-state index in [2.05, 4.69) is 36.9 Å². The molecule has 1 aliphatic rings. The second-order valence-corrected chi connectivity index (χ2v) is 17.3. The molecule has 0 radical (unpaired) electrons. The Morgan fingerprint density at radius 2 is 1.35 bits per heavy atom. The van der Waals surface area contributed by atoms with Crippen molar-refractivity contribution >= 4 is 77.0 Å². The van der Waals surface area contributed by atoms with Gasteiger partial charge in [-0.15, -0.1) is 0 Å². The molecule has 1 heterocycles. The van der Waals surface area contributed by atoms with Gasteiger partial charge in [-0.3, -0.25) is 48.1 Å². The molecule has 2 rings (SSSR count). The molecular weight excluding hydrogens is 911 g/mol. The minimum absolute atomic E-state index is 0.0320. The molecule has 24 nitrogen and oxygen atoms in total. The summed E-state index contributed by atoms with van der Waals surface area (Å²) in [4.78, 5) is 135. The lowest BCUT2D eigenvalue weighted by Crippen LogP contribution is -2.59. The quantitative estimate of drug-likeness (QED) is 0.0212. The summed E-state index contributed by atoms with van der Waals surface area (Å²) in [5.41, 5.74) is 17.5. The molecular formula is C43H67N11O13S. The number of aliphatic carboxylic acids is 3. The first kappa shape index (κ1) is 57.6. The van der Waals surface area contributed by atoms with Gasteiger partial charge in [-0.1, -0.05) is 50.6 Å². The van der Waals surface area contributed by atoms with E-state index in [1.165, 1.54) is 16.7 Å². The Bertz CT molecular complexity index is 1940. The largest absolute Gasteiger partial charge is 0.481 e. The smallest absolute Gasteiger partial charge is 0.326 e. The third-order valence-corrected chi connectivity index (χ3v) is 11.7. The number of thioether (sulfide) groups is 1. The van der Waals surface area contributed by atoms with Crippen LogP contribution < -0.4 is 49.1 Å². The molecule has 1 fully saturated rings. The lowest BCUT2D eigenvalue weighted by atomic mass is 9.98. The molecule has 1 aromatic carbocycles. The highest BCUT2D eigenvalue weighted by atomic mass is 32.2. The molecule has 15 N–H and O–H groups in total. The second kappa shape index (κ2) is 30.0. The van der Waals surface area contributed by atoms with Crippen LogP contribution in [0.5, 0.6) is 0 Å². The highest BCUT2D eigenvalue weighted by Gasteiger charge is 2.39. The van der Waals surface area contributed by atoms with Gasteiger partial charge in [0.2, 0.25) is 41.4 Å². The summed E-state index contributed by atoms with van der Waals surface area (Å²) >= 11 is 1.37. The Labute approximate surface area is 398 Å². The van der Waals surface area contributed by atoms with Crippen molar-refractivity contribution in [1.82, 2.24) is 36.8 Å². The molecule has 0 spiro atoms. The Balaban J connectivity index is 2.32. The summed E-state index contributed by atoms with van der Waals surface area (Å²) < 4.78 is 0. The van der Waals surface area contributed by atoms with Crippen LogP contribution in [0.2, 0.25) is 0 Å². The Morgan fingerprint density at radius 3 is 1.93 bits per heavy atom. The van der Waals surface area contributed by atoms with Crippen molar-refractivity contribution in [3.8, 4) is 0 Å². The zero-order valence-electron chi connectivity index (χ0n) is 38.6. The normalized spacial score (nSPS) is 16.2. The van der Waals surface area contributed by atoms with Crippen molar-refractivity contribution in [3.05, 3.63) is 35.9 Å². The summed E-state index contributed by atoms with van der Waals surface area (Å²) in [7, 11) is 0. The molecule has 25 heteroatoms. The number of benzene rings is 1. The highest BCUT2D eigenvalue weighted by Crippen LogP contribution is 2.21. The number of hydrogen-bond acceptors (Lipinski definition) is 13. The number of rotatable bonds is 31. The Kier molecular flexibility index (Phi) is 25.4. The first-order valence-electron chi connectivity index (χ1n) is 22.3. The molecule has 0 aromatic heterocycles. The SMILES string of the molecule is CCC(C)C(N)C(=O)NC(CCC(=O)O)C(=O)NCC(=O)NC(CCCN=C(N)N)C(=O)N1CCCC1C(=O)NC(CCC(=O)O)C(=O)NC(Cc1ccccc1)C(=O)NC(CCSC)C(=O)O. The lowest BCUT2D eigenvalue weighted by Gasteiger charge is -2.30. The van der Waals surface area contributed by atoms with Crippen molar-refractivity contribution in [2.45, 2.75) is 127 Å². The van der Waals surface area contributed by atoms with Gasteiger partial charge < -0.3 is 69.3 Å². The van der Waals surface area contributed by atoms with Crippen molar-refractivity contribution in [2.75, 3.05) is 31.6 Å². The van der Waals surface area contributed by atoms with E-state index in [-0.39, 0.29) is 63.5 Å². The van der Waals surface area contributed by atoms with Gasteiger partial charge in [0, 0.05) is 32.4 Å². The number of nitrogens with one attached hydrogen (secondary N) is 6. The van der Waals surface area contributed by atoms with Crippen LogP contribution in [0.3, 0.4) is 0 Å². The fraction of sp³-hybridized carbons (Fsp3) is 0.605. The molecule has 8 unspecified atom stereocenters. The topological polar surface area (TPSA) is 397 Å². The van der Waals surface area contributed by atoms with Crippen LogP contribution in [0.4, 0.5) is 0 Å². The van der Waals surface area contributed by atoms with E-state index in [0.717, 1.165) is 0 Å². The van der Waals surface area contributed by atoms with E-state index < -0.39 is 127 Å². The third-order valence-electron chi connectivity index (χ3n) is 11.1. The molecule has 378 valence electrons. The fourth-order valence-corrected chi connectivity index (χ4v) is 7.49. The molecule has 0 bridgehead atoms. The van der Waals surface area contributed by atoms with E-state index in [4.69, 9.17) is 17.2 Å². The van der Waals surface area contributed by atoms with Crippen LogP contribution in [0, 0.1) is 5.92 Å². The van der Waals surface area contributed by atoms with Gasteiger partial charge in [0.05, 0.1) is 12.6 Å². The molecule has 0 saturated carbocycles. The Morgan fingerprint density at radius 1 is 0.765 bits per heavy atom. The molecule has 0 aliphatic carbocycles. The maximum Gasteiger partial charge on any atom is 0.326 e. The predicted molar refractivity (Wildman–Crippen MR) is 249 cm³/mol. The minimum atomic E-state index is -1.54. The number of carbonyl (C=O) groups excluding carboxylic acids is 7. The summed E-state index contributed by atoms with van der Waals surface area (Å²) in [6.45, 7) is 2.91. The average Bonchev–Trinajstić information content (AvgIpc) is 3.80. The predicted octanol–water partition coefficient (Wildman–Crippen LogP) is -2.25. The van der Waals surface area contributed by atoms with Crippen molar-refractivity contribution in [2.24, 2.45) is 28.1 Å². The molecule has 1 saturated heterocycles. The fourth-order valence-electron chi connectivity index (χ4n) is 7.02. The van der Waals surface area contributed by atoms with Crippen molar-refractivity contribution < 1.29 is 63.3 Å². The van der Waals surface area contributed by atoms with E-state index in [1.807, 2.05) is 6.92 Å². The standard InChI is InChI=1S/C43H67N11O13S/c1-4-24(2)35(44)40(64)51-26(14-16-33(56)57)36(60)48-23-32(55)49-28(12-8-19-47-43(45)46)41(65)54-20-9-13-31(54)39(63)50-27(15-17-34(58)59)37(61)53-30(22-25-10-6-5-7-11-25)38(62)52-29(42(66)67)18-21-68-3/h5-7,10-11,24,26-31,35H,4,8-9,12-23,44H2,1-3H3,(H,48,60)(H,49,55)(H,50,63)(H,51,64)(H,52,62)(H,53,61)(H,56,57)(H,58,59)(H,66,67)(H4,45,46,47). The van der Waals surface area contributed by atoms with Crippen LogP contribution >= 0.6 is 11.8 Å². The zero-order valence-corrected chi connectivity index (χ0v) is 39.4. The molecule has 8 atom stereocenters. The molecule has 1 aliphatic heterocycles. The number of nitrogens with zero attached hydrogens (tertiary/aromatic N) is 2. The van der Waals surface area contributed by atoms with Crippen LogP contribution in [-0.4, -0.2) is 159 Å². The number of nitrogens with two attached hydrogens (primary N) is 3. The number of hydrogen-bond donors (Lipinski definition) is 12. The number of carboxylic acids is 3. The van der Waals surface area contributed by atoms with E-state index >= 15 is 0 Å². The highest BCUT2D eigenvalue weighted by molar-refractivity contribution is 7.98. The maximum atomic E-state index is 14.2. The molecule has 7 amide bonds. The summed E-state index contributed by atoms with van der Waals surface area (Å²) in [6.07, 6.45) is 1.00. The van der Waals surface area contributed by atoms with Gasteiger partial charge in [-0.2, -0.15) is 11.8 Å². The van der Waals surface area contributed by atoms with Gasteiger partial charge in [0.25, 0.3) is 0 Å². The van der Waals surface area contributed by atoms with Crippen molar-refractivity contribution in [1.29, 1.82) is 0 Å². The van der Waals surface area contributed by atoms with Crippen LogP contribution in [0.1, 0.15) is 83.6 Å². The van der Waals surface area contributed by atoms with Crippen LogP contribution in [-0.2, 0) is 54.4 Å². The number of carbonyl (C=O) groups is 10. The molecule has 1 aromatic rings. The summed E-state index contributed by atoms with van der Waals surface area (Å²) in [5, 5.41) is 43.4. The van der Waals surface area contributed by atoms with E-state index in [1.54, 1.807) is 43.5 Å². The van der Waals surface area contributed by atoms with E-state index in [0.29, 0.717) is 24.2 Å². The number of guanidine groups is 1. The second-order valence-electron chi connectivity index (χ2n) is 16.3. The van der Waals surface area contributed by atoms with E-state index in [9.17, 15) is 63.3 Å². The third kappa shape index (κ3) is 20.6. The van der Waals surface area contributed by atoms with Crippen molar-refractivity contribution in [3.63, 3.8) is 0 Å². The van der Waals surface area contributed by atoms with Gasteiger partial charge in [-0.05, 0) is 68.4 Å². The first-order valence-corrected chi connectivity index (χ1v) is 23.7. The molecule has 68 heavy (non-hydrogen) atoms. The first-order chi connectivity index (χ1) is 32.2. The van der Waals surface area contributed by atoms with Crippen LogP contribution in [0.15, 0.2) is 35.3 Å². The lowest BCUT2D eigenvalue weighted by molar-refractivity contribution is -0.143. The summed E-state index contributed by atoms with van der Waals surface area (Å²) in [5.74, 6) is -9.68. The zero-order chi connectivity index (χ0) is 50.9. The number of carboxylic acid groups (broad SMARTS) is 3. The van der Waals surface area contributed by atoms with Gasteiger partial charge in [0.1, 0.15) is 36.3 Å². The number of aliphatic imine (C=N–C) groups is 1.